The van der Waals surface area contributed by atoms with Crippen molar-refractivity contribution >= 4 is 35.0 Å². The van der Waals surface area contributed by atoms with Gasteiger partial charge in [0.25, 0.3) is 5.91 Å². The number of rotatable bonds is 10. The molecule has 2 aromatic carbocycles. The molecule has 0 aromatic heterocycles. The normalized spacial score (nSPS) is 12.4. The Morgan fingerprint density at radius 1 is 1.09 bits per heavy atom. The van der Waals surface area contributed by atoms with Crippen molar-refractivity contribution in [2.45, 2.75) is 66.0 Å². The monoisotopic (exact) mass is 506 g/mol. The van der Waals surface area contributed by atoms with E-state index in [-0.39, 0.29) is 30.4 Å². The van der Waals surface area contributed by atoms with Crippen LogP contribution in [0.25, 0.3) is 0 Å². The van der Waals surface area contributed by atoms with Crippen molar-refractivity contribution in [3.05, 3.63) is 63.6 Å². The van der Waals surface area contributed by atoms with Crippen molar-refractivity contribution < 1.29 is 14.3 Å². The summed E-state index contributed by atoms with van der Waals surface area (Å²) in [4.78, 5) is 28.0. The number of hydrogen-bond donors (Lipinski definition) is 1. The van der Waals surface area contributed by atoms with E-state index in [4.69, 9.17) is 27.9 Å². The molecule has 0 spiro atoms. The number of para-hydroxylation sites is 1. The molecule has 0 aliphatic heterocycles. The molecule has 0 saturated carbocycles. The van der Waals surface area contributed by atoms with Crippen LogP contribution < -0.4 is 10.1 Å². The molecule has 5 nitrogen and oxygen atoms in total. The van der Waals surface area contributed by atoms with E-state index in [2.05, 4.69) is 26.1 Å². The summed E-state index contributed by atoms with van der Waals surface area (Å²) >= 11 is 12.4. The lowest BCUT2D eigenvalue weighted by molar-refractivity contribution is -0.143. The van der Waals surface area contributed by atoms with Crippen LogP contribution in [0.1, 0.15) is 59.1 Å². The van der Waals surface area contributed by atoms with Gasteiger partial charge in [-0.3, -0.25) is 9.59 Å². The first-order valence-corrected chi connectivity index (χ1v) is 12.4. The Labute approximate surface area is 213 Å². The Morgan fingerprint density at radius 2 is 1.76 bits per heavy atom. The molecule has 0 aliphatic rings. The fourth-order valence-corrected chi connectivity index (χ4v) is 4.08. The van der Waals surface area contributed by atoms with Gasteiger partial charge in [0.05, 0.1) is 0 Å². The maximum Gasteiger partial charge on any atom is 0.261 e. The third kappa shape index (κ3) is 7.92. The second-order valence-corrected chi connectivity index (χ2v) is 10.7. The largest absolute Gasteiger partial charge is 0.483 e. The van der Waals surface area contributed by atoms with Gasteiger partial charge in [-0.25, -0.2) is 0 Å². The molecule has 0 radical (unpaired) electrons. The van der Waals surface area contributed by atoms with Gasteiger partial charge >= 0.3 is 0 Å². The number of nitrogens with one attached hydrogen (secondary N) is 1. The van der Waals surface area contributed by atoms with E-state index >= 15 is 0 Å². The highest BCUT2D eigenvalue weighted by Crippen LogP contribution is 2.31. The van der Waals surface area contributed by atoms with Crippen LogP contribution in [0.15, 0.2) is 42.5 Å². The molecular weight excluding hydrogens is 471 g/mol. The van der Waals surface area contributed by atoms with Gasteiger partial charge in [0.2, 0.25) is 5.91 Å². The van der Waals surface area contributed by atoms with Crippen molar-refractivity contribution in [1.29, 1.82) is 0 Å². The number of nitrogens with zero attached hydrogens (tertiary/aromatic N) is 1. The Hall–Kier alpha value is -2.24. The first kappa shape index (κ1) is 28.0. The first-order chi connectivity index (χ1) is 15.9. The molecule has 186 valence electrons. The van der Waals surface area contributed by atoms with Crippen molar-refractivity contribution in [2.75, 3.05) is 13.2 Å². The molecular formula is C27H36Cl2N2O3. The van der Waals surface area contributed by atoms with Crippen LogP contribution in [0, 0.1) is 5.92 Å². The summed E-state index contributed by atoms with van der Waals surface area (Å²) in [7, 11) is 0. The molecule has 0 fully saturated rings. The molecule has 1 N–H and O–H groups in total. The topological polar surface area (TPSA) is 58.6 Å². The zero-order valence-electron chi connectivity index (χ0n) is 21.0. The van der Waals surface area contributed by atoms with Crippen molar-refractivity contribution in [3.63, 3.8) is 0 Å². The fraction of sp³-hybridized carbons (Fsp3) is 0.481. The minimum Gasteiger partial charge on any atom is -0.483 e. The number of carbonyl (C=O) groups excluding carboxylic acids is 2. The lowest BCUT2D eigenvalue weighted by atomic mass is 9.86. The number of ether oxygens (including phenoxy) is 1. The van der Waals surface area contributed by atoms with Crippen molar-refractivity contribution in [2.24, 2.45) is 5.92 Å². The Kier molecular flexibility index (Phi) is 10.3. The molecule has 34 heavy (non-hydrogen) atoms. The number of halogens is 2. The molecule has 2 aromatic rings. The predicted molar refractivity (Wildman–Crippen MR) is 140 cm³/mol. The SMILES string of the molecule is CC[C@@H](C(=O)NCC(C)C)N(Cc1ccc(Cl)cc1Cl)C(=O)COc1ccccc1C(C)(C)C. The summed E-state index contributed by atoms with van der Waals surface area (Å²) in [6.07, 6.45) is 0.458. The summed E-state index contributed by atoms with van der Waals surface area (Å²) in [5, 5.41) is 3.91. The highest BCUT2D eigenvalue weighted by Gasteiger charge is 2.30. The molecule has 0 saturated heterocycles. The average molecular weight is 508 g/mol. The number of hydrogen-bond acceptors (Lipinski definition) is 3. The lowest BCUT2D eigenvalue weighted by Crippen LogP contribution is -2.50. The van der Waals surface area contributed by atoms with Gasteiger partial charge in [-0.2, -0.15) is 0 Å². The molecule has 0 aliphatic carbocycles. The highest BCUT2D eigenvalue weighted by atomic mass is 35.5. The van der Waals surface area contributed by atoms with Gasteiger partial charge in [0, 0.05) is 23.1 Å². The van der Waals surface area contributed by atoms with E-state index in [1.54, 1.807) is 23.1 Å². The summed E-state index contributed by atoms with van der Waals surface area (Å²) in [6.45, 7) is 12.7. The van der Waals surface area contributed by atoms with Crippen LogP contribution in [0.2, 0.25) is 10.0 Å². The summed E-state index contributed by atoms with van der Waals surface area (Å²) < 4.78 is 5.99. The van der Waals surface area contributed by atoms with Gasteiger partial charge in [-0.1, -0.05) is 89.0 Å². The summed E-state index contributed by atoms with van der Waals surface area (Å²) in [6, 6.07) is 12.2. The van der Waals surface area contributed by atoms with Crippen molar-refractivity contribution in [3.8, 4) is 5.75 Å². The highest BCUT2D eigenvalue weighted by molar-refractivity contribution is 6.35. The van der Waals surface area contributed by atoms with E-state index in [1.807, 2.05) is 45.0 Å². The van der Waals surface area contributed by atoms with Crippen LogP contribution in [-0.4, -0.2) is 35.9 Å². The minimum absolute atomic E-state index is 0.140. The smallest absolute Gasteiger partial charge is 0.261 e. The number of carbonyl (C=O) groups is 2. The minimum atomic E-state index is -0.653. The quantitative estimate of drug-likeness (QED) is 0.414. The van der Waals surface area contributed by atoms with E-state index in [1.165, 1.54) is 0 Å². The molecule has 2 amide bonds. The van der Waals surface area contributed by atoms with E-state index in [0.717, 1.165) is 5.56 Å². The zero-order chi connectivity index (χ0) is 25.5. The standard InChI is InChI=1S/C27H36Cl2N2O3/c1-7-23(26(33)30-15-18(2)3)31(16-19-12-13-20(28)14-22(19)29)25(32)17-34-24-11-9-8-10-21(24)27(4,5)6/h8-14,18,23H,7,15-17H2,1-6H3,(H,30,33)/t23-/m0/s1. The van der Waals surface area contributed by atoms with E-state index in [0.29, 0.717) is 40.2 Å². The van der Waals surface area contributed by atoms with Crippen LogP contribution in [0.5, 0.6) is 5.75 Å². The second-order valence-electron chi connectivity index (χ2n) is 9.86. The van der Waals surface area contributed by atoms with Gasteiger partial charge in [-0.15, -0.1) is 0 Å². The van der Waals surface area contributed by atoms with Gasteiger partial charge < -0.3 is 15.0 Å². The second kappa shape index (κ2) is 12.5. The van der Waals surface area contributed by atoms with Crippen LogP contribution in [-0.2, 0) is 21.5 Å². The Balaban J connectivity index is 2.30. The maximum absolute atomic E-state index is 13.5. The van der Waals surface area contributed by atoms with Gasteiger partial charge in [-0.05, 0) is 47.1 Å². The third-order valence-electron chi connectivity index (χ3n) is 5.47. The van der Waals surface area contributed by atoms with Crippen LogP contribution in [0.3, 0.4) is 0 Å². The lowest BCUT2D eigenvalue weighted by Gasteiger charge is -2.31. The van der Waals surface area contributed by atoms with Crippen LogP contribution >= 0.6 is 23.2 Å². The van der Waals surface area contributed by atoms with E-state index in [9.17, 15) is 9.59 Å². The average Bonchev–Trinajstić information content (AvgIpc) is 2.76. The molecule has 0 unspecified atom stereocenters. The summed E-state index contributed by atoms with van der Waals surface area (Å²) in [5.41, 5.74) is 1.58. The summed E-state index contributed by atoms with van der Waals surface area (Å²) in [5.74, 6) is 0.477. The van der Waals surface area contributed by atoms with Crippen molar-refractivity contribution in [1.82, 2.24) is 10.2 Å². The number of amides is 2. The van der Waals surface area contributed by atoms with Gasteiger partial charge in [0.15, 0.2) is 6.61 Å². The third-order valence-corrected chi connectivity index (χ3v) is 6.06. The van der Waals surface area contributed by atoms with Crippen LogP contribution in [0.4, 0.5) is 0 Å². The Morgan fingerprint density at radius 3 is 2.35 bits per heavy atom. The molecule has 7 heteroatoms. The first-order valence-electron chi connectivity index (χ1n) is 11.7. The zero-order valence-corrected chi connectivity index (χ0v) is 22.5. The maximum atomic E-state index is 13.5. The fourth-order valence-electron chi connectivity index (χ4n) is 3.61. The van der Waals surface area contributed by atoms with E-state index < -0.39 is 6.04 Å². The van der Waals surface area contributed by atoms with Gasteiger partial charge in [0.1, 0.15) is 11.8 Å². The molecule has 0 bridgehead atoms. The number of benzene rings is 2. The molecule has 1 atom stereocenters. The molecule has 0 heterocycles. The Bertz CT molecular complexity index is 986. The molecule has 2 rings (SSSR count). The predicted octanol–water partition coefficient (Wildman–Crippen LogP) is 6.25.